The summed E-state index contributed by atoms with van der Waals surface area (Å²) in [6.45, 7) is 11.3. The minimum atomic E-state index is -1.04. The van der Waals surface area contributed by atoms with E-state index in [1.165, 1.54) is 21.3 Å². The SMILES string of the molecule is CNC(=O)C(C(C)C(C)C)C(C)C(C(=O)OC)C(C(=O)NC)C(C(=O)OC)C(C)C. The van der Waals surface area contributed by atoms with Crippen molar-refractivity contribution in [2.45, 2.75) is 41.5 Å². The van der Waals surface area contributed by atoms with E-state index in [4.69, 9.17) is 9.47 Å². The molecule has 0 aromatic carbocycles. The molecule has 0 heterocycles. The molecule has 0 aliphatic carbocycles. The Morgan fingerprint density at radius 1 is 0.567 bits per heavy atom. The predicted octanol–water partition coefficient (Wildman–Crippen LogP) is 1.87. The Labute approximate surface area is 180 Å². The largest absolute Gasteiger partial charge is 0.469 e. The molecule has 2 amide bonds. The molecule has 8 nitrogen and oxygen atoms in total. The summed E-state index contributed by atoms with van der Waals surface area (Å²) >= 11 is 0. The van der Waals surface area contributed by atoms with Crippen molar-refractivity contribution in [1.29, 1.82) is 0 Å². The van der Waals surface area contributed by atoms with Gasteiger partial charge in [-0.1, -0.05) is 41.5 Å². The monoisotopic (exact) mass is 428 g/mol. The number of hydrogen-bond acceptors (Lipinski definition) is 6. The smallest absolute Gasteiger partial charge is 0.309 e. The molecule has 0 spiro atoms. The number of nitrogens with one attached hydrogen (secondary N) is 2. The molecular weight excluding hydrogens is 388 g/mol. The normalized spacial score (nSPS) is 17.3. The predicted molar refractivity (Wildman–Crippen MR) is 114 cm³/mol. The van der Waals surface area contributed by atoms with Gasteiger partial charge in [0.25, 0.3) is 0 Å². The molecule has 6 unspecified atom stereocenters. The van der Waals surface area contributed by atoms with Crippen LogP contribution in [0.25, 0.3) is 0 Å². The van der Waals surface area contributed by atoms with Gasteiger partial charge < -0.3 is 20.1 Å². The van der Waals surface area contributed by atoms with E-state index >= 15 is 0 Å². The van der Waals surface area contributed by atoms with Crippen LogP contribution in [0.1, 0.15) is 41.5 Å². The van der Waals surface area contributed by atoms with E-state index in [1.807, 2.05) is 20.8 Å². The molecule has 0 radical (unpaired) electrons. The van der Waals surface area contributed by atoms with Crippen molar-refractivity contribution >= 4 is 23.8 Å². The Balaban J connectivity index is 6.70. The van der Waals surface area contributed by atoms with Crippen LogP contribution in [-0.4, -0.2) is 52.1 Å². The first-order valence-corrected chi connectivity index (χ1v) is 10.5. The molecule has 0 rings (SSSR count). The number of methoxy groups -OCH3 is 2. The summed E-state index contributed by atoms with van der Waals surface area (Å²) in [6.07, 6.45) is 0. The van der Waals surface area contributed by atoms with Crippen LogP contribution in [0.5, 0.6) is 0 Å². The average Bonchev–Trinajstić information content (AvgIpc) is 2.71. The van der Waals surface area contributed by atoms with Crippen LogP contribution in [0, 0.1) is 47.3 Å². The zero-order chi connectivity index (χ0) is 23.8. The van der Waals surface area contributed by atoms with Crippen molar-refractivity contribution in [3.63, 3.8) is 0 Å². The van der Waals surface area contributed by atoms with Crippen molar-refractivity contribution in [3.05, 3.63) is 0 Å². The third-order valence-electron chi connectivity index (χ3n) is 6.29. The van der Waals surface area contributed by atoms with E-state index in [1.54, 1.807) is 27.8 Å². The number of esters is 2. The molecule has 0 aromatic rings. The summed E-state index contributed by atoms with van der Waals surface area (Å²) in [5.74, 6) is -6.13. The summed E-state index contributed by atoms with van der Waals surface area (Å²) < 4.78 is 10.0. The van der Waals surface area contributed by atoms with Crippen LogP contribution in [-0.2, 0) is 28.7 Å². The highest BCUT2D eigenvalue weighted by molar-refractivity contribution is 5.90. The summed E-state index contributed by atoms with van der Waals surface area (Å²) in [7, 11) is 5.50. The maximum absolute atomic E-state index is 13.0. The maximum Gasteiger partial charge on any atom is 0.309 e. The first-order chi connectivity index (χ1) is 13.9. The van der Waals surface area contributed by atoms with Gasteiger partial charge in [-0.05, 0) is 23.7 Å². The van der Waals surface area contributed by atoms with E-state index in [-0.39, 0.29) is 23.7 Å². The zero-order valence-corrected chi connectivity index (χ0v) is 20.1. The molecule has 0 aromatic heterocycles. The van der Waals surface area contributed by atoms with Gasteiger partial charge in [-0.15, -0.1) is 0 Å². The van der Waals surface area contributed by atoms with Gasteiger partial charge in [0.1, 0.15) is 0 Å². The molecule has 0 aliphatic heterocycles. The van der Waals surface area contributed by atoms with Gasteiger partial charge >= 0.3 is 11.9 Å². The fourth-order valence-corrected chi connectivity index (χ4v) is 4.27. The van der Waals surface area contributed by atoms with Crippen LogP contribution < -0.4 is 10.6 Å². The molecule has 0 saturated carbocycles. The second-order valence-corrected chi connectivity index (χ2v) is 8.58. The summed E-state index contributed by atoms with van der Waals surface area (Å²) in [6, 6.07) is 0. The third-order valence-corrected chi connectivity index (χ3v) is 6.29. The van der Waals surface area contributed by atoms with Gasteiger partial charge in [-0.25, -0.2) is 0 Å². The Kier molecular flexibility index (Phi) is 11.7. The lowest BCUT2D eigenvalue weighted by molar-refractivity contribution is -0.163. The number of carbonyl (C=O) groups excluding carboxylic acids is 4. The second kappa shape index (κ2) is 12.5. The molecule has 0 fully saturated rings. The molecule has 30 heavy (non-hydrogen) atoms. The second-order valence-electron chi connectivity index (χ2n) is 8.58. The quantitative estimate of drug-likeness (QED) is 0.486. The van der Waals surface area contributed by atoms with E-state index < -0.39 is 47.4 Å². The lowest BCUT2D eigenvalue weighted by Crippen LogP contribution is -2.51. The summed E-state index contributed by atoms with van der Waals surface area (Å²) in [5.41, 5.74) is 0. The van der Waals surface area contributed by atoms with E-state index in [9.17, 15) is 19.2 Å². The molecule has 8 heteroatoms. The number of hydrogen-bond donors (Lipinski definition) is 2. The van der Waals surface area contributed by atoms with Gasteiger partial charge in [0, 0.05) is 20.0 Å². The van der Waals surface area contributed by atoms with Gasteiger partial charge in [-0.2, -0.15) is 0 Å². The highest BCUT2D eigenvalue weighted by Crippen LogP contribution is 2.40. The number of amides is 2. The number of carbonyl (C=O) groups is 4. The van der Waals surface area contributed by atoms with Crippen molar-refractivity contribution in [1.82, 2.24) is 10.6 Å². The molecule has 6 atom stereocenters. The first kappa shape index (κ1) is 27.9. The fourth-order valence-electron chi connectivity index (χ4n) is 4.27. The molecule has 0 aliphatic rings. The van der Waals surface area contributed by atoms with Crippen LogP contribution >= 0.6 is 0 Å². The zero-order valence-electron chi connectivity index (χ0n) is 20.1. The minimum Gasteiger partial charge on any atom is -0.469 e. The lowest BCUT2D eigenvalue weighted by Gasteiger charge is -2.39. The highest BCUT2D eigenvalue weighted by Gasteiger charge is 2.50. The van der Waals surface area contributed by atoms with Gasteiger partial charge in [-0.3, -0.25) is 19.2 Å². The van der Waals surface area contributed by atoms with Crippen molar-refractivity contribution in [3.8, 4) is 0 Å². The van der Waals surface area contributed by atoms with Gasteiger partial charge in [0.15, 0.2) is 0 Å². The minimum absolute atomic E-state index is 0.0759. The fraction of sp³-hybridized carbons (Fsp3) is 0.818. The van der Waals surface area contributed by atoms with E-state index in [0.29, 0.717) is 0 Å². The van der Waals surface area contributed by atoms with Gasteiger partial charge in [0.2, 0.25) is 11.8 Å². The molecule has 2 N–H and O–H groups in total. The van der Waals surface area contributed by atoms with Crippen LogP contribution in [0.4, 0.5) is 0 Å². The van der Waals surface area contributed by atoms with Crippen LogP contribution in [0.2, 0.25) is 0 Å². The molecule has 174 valence electrons. The summed E-state index contributed by atoms with van der Waals surface area (Å²) in [4.78, 5) is 51.4. The van der Waals surface area contributed by atoms with Gasteiger partial charge in [0.05, 0.1) is 32.0 Å². The van der Waals surface area contributed by atoms with E-state index in [2.05, 4.69) is 10.6 Å². The van der Waals surface area contributed by atoms with Crippen molar-refractivity contribution in [2.24, 2.45) is 47.3 Å². The Morgan fingerprint density at radius 3 is 1.30 bits per heavy atom. The average molecular weight is 429 g/mol. The highest BCUT2D eigenvalue weighted by atomic mass is 16.5. The standard InChI is InChI=1S/C22H40N2O6/c1-11(2)13(5)16(19(25)23-7)14(6)17(22(28)30-10)18(20(26)24-8)15(12(3)4)21(27)29-9/h11-18H,1-10H3,(H,23,25)(H,24,26). The molecular formula is C22H40N2O6. The molecule has 0 bridgehead atoms. The van der Waals surface area contributed by atoms with Crippen LogP contribution in [0.3, 0.4) is 0 Å². The maximum atomic E-state index is 13.0. The van der Waals surface area contributed by atoms with Crippen molar-refractivity contribution in [2.75, 3.05) is 28.3 Å². The van der Waals surface area contributed by atoms with Crippen molar-refractivity contribution < 1.29 is 28.7 Å². The summed E-state index contributed by atoms with van der Waals surface area (Å²) in [5, 5.41) is 5.25. The van der Waals surface area contributed by atoms with E-state index in [0.717, 1.165) is 0 Å². The Bertz CT molecular complexity index is 604. The third kappa shape index (κ3) is 6.44. The lowest BCUT2D eigenvalue weighted by atomic mass is 9.64. The Hall–Kier alpha value is -2.12. The first-order valence-electron chi connectivity index (χ1n) is 10.5. The number of ether oxygens (including phenoxy) is 2. The topological polar surface area (TPSA) is 111 Å². The Morgan fingerprint density at radius 2 is 0.967 bits per heavy atom. The molecule has 0 saturated heterocycles. The number of rotatable bonds is 11. The van der Waals surface area contributed by atoms with Crippen LogP contribution in [0.15, 0.2) is 0 Å².